The van der Waals surface area contributed by atoms with Gasteiger partial charge < -0.3 is 38.6 Å². The van der Waals surface area contributed by atoms with Crippen molar-refractivity contribution in [1.82, 2.24) is 19.7 Å². The molecule has 2 aromatic carbocycles. The van der Waals surface area contributed by atoms with Gasteiger partial charge in [0.15, 0.2) is 11.5 Å². The third kappa shape index (κ3) is 7.78. The van der Waals surface area contributed by atoms with Gasteiger partial charge in [-0.1, -0.05) is 0 Å². The Balaban J connectivity index is 1.88. The van der Waals surface area contributed by atoms with Crippen LogP contribution in [-0.2, 0) is 0 Å². The topological polar surface area (TPSA) is 114 Å². The molecule has 1 aliphatic rings. The van der Waals surface area contributed by atoms with Crippen molar-refractivity contribution in [3.63, 3.8) is 0 Å². The highest BCUT2D eigenvalue weighted by molar-refractivity contribution is 6.19. The maximum atomic E-state index is 14.4. The maximum absolute atomic E-state index is 14.4. The number of allylic oxidation sites excluding steroid dienone is 2. The number of fused-ring (bicyclic) bond motifs is 2. The van der Waals surface area contributed by atoms with Crippen LogP contribution >= 0.6 is 0 Å². The molecule has 2 heterocycles. The normalized spacial score (nSPS) is 13.9. The number of ketones is 1. The van der Waals surface area contributed by atoms with Crippen LogP contribution in [0.25, 0.3) is 16.5 Å². The summed E-state index contributed by atoms with van der Waals surface area (Å²) in [6.07, 6.45) is 1.95. The van der Waals surface area contributed by atoms with E-state index < -0.39 is 18.0 Å². The first-order valence-electron chi connectivity index (χ1n) is 16.6. The van der Waals surface area contributed by atoms with Crippen molar-refractivity contribution in [2.24, 2.45) is 0 Å². The Labute approximate surface area is 283 Å². The summed E-state index contributed by atoms with van der Waals surface area (Å²) in [4.78, 5) is 49.8. The first-order valence-corrected chi connectivity index (χ1v) is 16.6. The van der Waals surface area contributed by atoms with Gasteiger partial charge in [0, 0.05) is 64.5 Å². The zero-order valence-electron chi connectivity index (χ0n) is 30.1. The number of H-pyrrole nitrogens is 1. The molecular weight excluding hydrogens is 612 g/mol. The monoisotopic (exact) mass is 662 g/mol. The lowest BCUT2D eigenvalue weighted by Gasteiger charge is -2.30. The van der Waals surface area contributed by atoms with Crippen LogP contribution in [0.3, 0.4) is 0 Å². The van der Waals surface area contributed by atoms with E-state index in [-0.39, 0.29) is 52.7 Å². The Morgan fingerprint density at radius 3 is 2.00 bits per heavy atom. The van der Waals surface area contributed by atoms with E-state index in [1.807, 2.05) is 93.9 Å². The molecule has 0 aliphatic carbocycles. The van der Waals surface area contributed by atoms with Crippen LogP contribution in [-0.4, -0.2) is 89.6 Å². The highest BCUT2D eigenvalue weighted by Gasteiger charge is 2.37. The fourth-order valence-corrected chi connectivity index (χ4v) is 6.23. The number of nitrogens with zero attached hydrogens (tertiary/aromatic N) is 3. The molecule has 0 fully saturated rings. The number of Topliss-reactive ketones (excluding diaryl/α,β-unsaturated/α-hetero) is 1. The molecule has 0 bridgehead atoms. The lowest BCUT2D eigenvalue weighted by atomic mass is 9.96. The summed E-state index contributed by atoms with van der Waals surface area (Å²) < 4.78 is 23.7. The molecule has 260 valence electrons. The quantitative estimate of drug-likeness (QED) is 0.196. The van der Waals surface area contributed by atoms with Crippen molar-refractivity contribution in [2.75, 3.05) is 27.7 Å². The molecular formula is C37H50N4O7. The van der Waals surface area contributed by atoms with Gasteiger partial charge in [-0.15, -0.1) is 0 Å². The van der Waals surface area contributed by atoms with Gasteiger partial charge in [-0.05, 0) is 107 Å². The molecule has 0 atom stereocenters. The summed E-state index contributed by atoms with van der Waals surface area (Å²) in [6.45, 7) is 16.0. The van der Waals surface area contributed by atoms with Crippen molar-refractivity contribution >= 4 is 34.4 Å². The second-order valence-electron chi connectivity index (χ2n) is 13.5. The highest BCUT2D eigenvalue weighted by atomic mass is 16.6. The summed E-state index contributed by atoms with van der Waals surface area (Å²) in [7, 11) is 5.60. The molecule has 0 spiro atoms. The standard InChI is InChI=1S/C37H50N4O7/c1-21(2)40(22(3)4)36(43)46-26-18-31-33(32(19-26)48-37(44)41(23(5)6)24(7)8)34(42)35(47-31)27(13-12-16-39(9)10)29-20-38-30-15-14-25(45-11)17-28(29)30/h14-15,17-24,38H,12-13,16H2,1-11H3. The van der Waals surface area contributed by atoms with Gasteiger partial charge in [-0.2, -0.15) is 0 Å². The number of carbonyl (C=O) groups excluding carboxylic acids is 3. The van der Waals surface area contributed by atoms with Crippen LogP contribution in [0.4, 0.5) is 9.59 Å². The minimum Gasteiger partial charge on any atom is -0.497 e. The molecule has 0 unspecified atom stereocenters. The van der Waals surface area contributed by atoms with Gasteiger partial charge in [0.05, 0.1) is 7.11 Å². The van der Waals surface area contributed by atoms with Crippen LogP contribution in [0, 0.1) is 0 Å². The maximum Gasteiger partial charge on any atom is 0.415 e. The molecule has 11 nitrogen and oxygen atoms in total. The Hall–Kier alpha value is -4.51. The van der Waals surface area contributed by atoms with Crippen molar-refractivity contribution < 1.29 is 33.3 Å². The number of rotatable bonds is 12. The third-order valence-corrected chi connectivity index (χ3v) is 8.25. The number of methoxy groups -OCH3 is 1. The van der Waals surface area contributed by atoms with Crippen LogP contribution in [0.1, 0.15) is 84.2 Å². The van der Waals surface area contributed by atoms with Crippen molar-refractivity contribution in [1.29, 1.82) is 0 Å². The molecule has 4 rings (SSSR count). The molecule has 1 aliphatic heterocycles. The molecule has 2 amide bonds. The summed E-state index contributed by atoms with van der Waals surface area (Å²) in [5.41, 5.74) is 2.48. The van der Waals surface area contributed by atoms with Gasteiger partial charge in [0.1, 0.15) is 22.8 Å². The Bertz CT molecular complexity index is 1670. The zero-order valence-corrected chi connectivity index (χ0v) is 30.1. The fraction of sp³-hybridized carbons (Fsp3) is 0.486. The smallest absolute Gasteiger partial charge is 0.415 e. The van der Waals surface area contributed by atoms with Gasteiger partial charge in [-0.25, -0.2) is 9.59 Å². The van der Waals surface area contributed by atoms with Gasteiger partial charge in [-0.3, -0.25) is 4.79 Å². The van der Waals surface area contributed by atoms with E-state index in [9.17, 15) is 14.4 Å². The van der Waals surface area contributed by atoms with E-state index in [0.717, 1.165) is 29.4 Å². The molecule has 3 aromatic rings. The molecule has 1 aromatic heterocycles. The fourth-order valence-electron chi connectivity index (χ4n) is 6.23. The minimum atomic E-state index is -0.628. The summed E-state index contributed by atoms with van der Waals surface area (Å²) in [6, 6.07) is 8.07. The second-order valence-corrected chi connectivity index (χ2v) is 13.5. The molecule has 48 heavy (non-hydrogen) atoms. The number of nitrogens with one attached hydrogen (secondary N) is 1. The van der Waals surface area contributed by atoms with Crippen LogP contribution in [0.5, 0.6) is 23.0 Å². The van der Waals surface area contributed by atoms with Crippen LogP contribution in [0.15, 0.2) is 42.3 Å². The van der Waals surface area contributed by atoms with E-state index in [1.165, 1.54) is 12.1 Å². The Morgan fingerprint density at radius 1 is 0.833 bits per heavy atom. The summed E-state index contributed by atoms with van der Waals surface area (Å²) >= 11 is 0. The first-order chi connectivity index (χ1) is 22.6. The van der Waals surface area contributed by atoms with E-state index in [2.05, 4.69) is 9.88 Å². The highest BCUT2D eigenvalue weighted by Crippen LogP contribution is 2.45. The number of aromatic amines is 1. The van der Waals surface area contributed by atoms with E-state index in [1.54, 1.807) is 16.9 Å². The van der Waals surface area contributed by atoms with Gasteiger partial charge in [0.2, 0.25) is 5.78 Å². The van der Waals surface area contributed by atoms with Crippen LogP contribution in [0.2, 0.25) is 0 Å². The molecule has 0 saturated carbocycles. The number of hydrogen-bond acceptors (Lipinski definition) is 8. The molecule has 11 heteroatoms. The van der Waals surface area contributed by atoms with Crippen molar-refractivity contribution in [3.8, 4) is 23.0 Å². The van der Waals surface area contributed by atoms with Crippen molar-refractivity contribution in [3.05, 3.63) is 53.4 Å². The zero-order chi connectivity index (χ0) is 35.4. The van der Waals surface area contributed by atoms with E-state index >= 15 is 0 Å². The minimum absolute atomic E-state index is 0.0412. The lowest BCUT2D eigenvalue weighted by Crippen LogP contribution is -2.44. The third-order valence-electron chi connectivity index (χ3n) is 8.25. The first kappa shape index (κ1) is 36.3. The number of carbonyl (C=O) groups is 3. The number of hydrogen-bond donors (Lipinski definition) is 1. The SMILES string of the molecule is COc1ccc2[nH]cc(C(CCCN(C)C)=C3Oc4cc(OC(=O)N(C(C)C)C(C)C)cc(OC(=O)N(C(C)C)C(C)C)c4C3=O)c2c1. The van der Waals surface area contributed by atoms with Crippen LogP contribution < -0.4 is 18.9 Å². The van der Waals surface area contributed by atoms with E-state index in [4.69, 9.17) is 18.9 Å². The summed E-state index contributed by atoms with van der Waals surface area (Å²) in [5.74, 6) is 0.583. The number of ether oxygens (including phenoxy) is 4. The number of benzene rings is 2. The number of amides is 2. The van der Waals surface area contributed by atoms with Crippen molar-refractivity contribution in [2.45, 2.75) is 92.4 Å². The van der Waals surface area contributed by atoms with Gasteiger partial charge in [0.25, 0.3) is 0 Å². The predicted octanol–water partition coefficient (Wildman–Crippen LogP) is 7.74. The Kier molecular flexibility index (Phi) is 11.5. The number of aromatic nitrogens is 1. The average molecular weight is 663 g/mol. The largest absolute Gasteiger partial charge is 0.497 e. The second kappa shape index (κ2) is 15.1. The average Bonchev–Trinajstić information content (AvgIpc) is 3.54. The molecule has 0 radical (unpaired) electrons. The lowest BCUT2D eigenvalue weighted by molar-refractivity contribution is 0.101. The van der Waals surface area contributed by atoms with E-state index in [0.29, 0.717) is 17.7 Å². The van der Waals surface area contributed by atoms with Gasteiger partial charge >= 0.3 is 12.2 Å². The molecule has 0 saturated heterocycles. The molecule has 1 N–H and O–H groups in total. The predicted molar refractivity (Wildman–Crippen MR) is 187 cm³/mol. The Morgan fingerprint density at radius 2 is 1.44 bits per heavy atom. The summed E-state index contributed by atoms with van der Waals surface area (Å²) in [5, 5.41) is 0.877.